The number of rotatable bonds is 10. The standard InChI is InChI=1S/C37H46N8O6/c1-20(2)30(42-36(48)49)34(46)44-14-6-8-28(44)32-38-18-26(40-32)24-12-10-23-17-25(13-11-22(23)16-24)27-19-39-33(41-27)29-9-7-15-45(29)35(47)31(21(3)4)43-37(50)51-5/h10-13,16-21,28-31,42H,6-9,14-15H2,1-5H3,(H,38,40)(H,39,41)(H,43,50)(H,48,49)/t28-,29-,30?,31?/m0/s1. The Morgan fingerprint density at radius 1 is 0.765 bits per heavy atom. The maximum absolute atomic E-state index is 13.5. The van der Waals surface area contributed by atoms with Crippen molar-refractivity contribution in [3.63, 3.8) is 0 Å². The van der Waals surface area contributed by atoms with Crippen molar-refractivity contribution >= 4 is 34.8 Å². The molecule has 6 rings (SSSR count). The molecule has 270 valence electrons. The molecule has 0 saturated carbocycles. The number of H-pyrrole nitrogens is 2. The summed E-state index contributed by atoms with van der Waals surface area (Å²) in [5.74, 6) is 0.705. The van der Waals surface area contributed by atoms with Gasteiger partial charge < -0.3 is 40.2 Å². The first-order valence-electron chi connectivity index (χ1n) is 17.5. The van der Waals surface area contributed by atoms with E-state index in [1.165, 1.54) is 7.11 Å². The van der Waals surface area contributed by atoms with Crippen LogP contribution in [0.5, 0.6) is 0 Å². The van der Waals surface area contributed by atoms with Gasteiger partial charge in [0, 0.05) is 24.2 Å². The van der Waals surface area contributed by atoms with Crippen LogP contribution >= 0.6 is 0 Å². The topological polar surface area (TPSA) is 186 Å². The van der Waals surface area contributed by atoms with Gasteiger partial charge in [0.15, 0.2) is 0 Å². The number of imidazole rings is 2. The fraction of sp³-hybridized carbons (Fsp3) is 0.459. The molecule has 2 fully saturated rings. The third-order valence-corrected chi connectivity index (χ3v) is 9.96. The van der Waals surface area contributed by atoms with Crippen LogP contribution in [0.4, 0.5) is 9.59 Å². The second-order valence-corrected chi connectivity index (χ2v) is 14.0. The van der Waals surface area contributed by atoms with E-state index in [4.69, 9.17) is 4.74 Å². The molecule has 5 N–H and O–H groups in total. The van der Waals surface area contributed by atoms with Crippen LogP contribution < -0.4 is 10.6 Å². The van der Waals surface area contributed by atoms with Gasteiger partial charge in [-0.15, -0.1) is 0 Å². The first-order chi connectivity index (χ1) is 24.4. The third-order valence-electron chi connectivity index (χ3n) is 9.96. The number of fused-ring (bicyclic) bond motifs is 1. The lowest BCUT2D eigenvalue weighted by Gasteiger charge is -2.30. The monoisotopic (exact) mass is 698 g/mol. The lowest BCUT2D eigenvalue weighted by molar-refractivity contribution is -0.136. The summed E-state index contributed by atoms with van der Waals surface area (Å²) in [7, 11) is 1.28. The number of amides is 4. The summed E-state index contributed by atoms with van der Waals surface area (Å²) in [5, 5.41) is 16.4. The van der Waals surface area contributed by atoms with Crippen molar-refractivity contribution in [3.05, 3.63) is 60.4 Å². The lowest BCUT2D eigenvalue weighted by atomic mass is 10.0. The average molecular weight is 699 g/mol. The first kappa shape index (κ1) is 35.4. The summed E-state index contributed by atoms with van der Waals surface area (Å²) in [6.45, 7) is 8.57. The molecule has 0 aliphatic carbocycles. The summed E-state index contributed by atoms with van der Waals surface area (Å²) in [4.78, 5) is 69.9. The van der Waals surface area contributed by atoms with E-state index < -0.39 is 24.3 Å². The zero-order valence-electron chi connectivity index (χ0n) is 29.6. The van der Waals surface area contributed by atoms with Crippen LogP contribution in [0, 0.1) is 11.8 Å². The van der Waals surface area contributed by atoms with Gasteiger partial charge in [-0.3, -0.25) is 9.59 Å². The molecule has 4 heterocycles. The van der Waals surface area contributed by atoms with Crippen molar-refractivity contribution in [1.29, 1.82) is 0 Å². The van der Waals surface area contributed by atoms with Crippen LogP contribution in [0.3, 0.4) is 0 Å². The van der Waals surface area contributed by atoms with Crippen LogP contribution in [-0.4, -0.2) is 91.1 Å². The maximum Gasteiger partial charge on any atom is 0.407 e. The number of hydrogen-bond acceptors (Lipinski definition) is 7. The van der Waals surface area contributed by atoms with Gasteiger partial charge in [0.25, 0.3) is 0 Å². The minimum atomic E-state index is -1.22. The molecule has 51 heavy (non-hydrogen) atoms. The molecule has 2 unspecified atom stereocenters. The minimum Gasteiger partial charge on any atom is -0.465 e. The number of nitrogens with zero attached hydrogens (tertiary/aromatic N) is 4. The molecular formula is C37H46N8O6. The van der Waals surface area contributed by atoms with Gasteiger partial charge in [0.2, 0.25) is 11.8 Å². The molecular weight excluding hydrogens is 652 g/mol. The first-order valence-corrected chi connectivity index (χ1v) is 17.5. The van der Waals surface area contributed by atoms with Crippen LogP contribution in [0.25, 0.3) is 33.3 Å². The predicted molar refractivity (Wildman–Crippen MR) is 190 cm³/mol. The number of carbonyl (C=O) groups excluding carboxylic acids is 3. The number of likely N-dealkylation sites (tertiary alicyclic amines) is 2. The van der Waals surface area contributed by atoms with Gasteiger partial charge in [-0.2, -0.15) is 0 Å². The fourth-order valence-corrected chi connectivity index (χ4v) is 7.22. The summed E-state index contributed by atoms with van der Waals surface area (Å²) in [6.07, 6.45) is 4.89. The molecule has 4 atom stereocenters. The second-order valence-electron chi connectivity index (χ2n) is 14.0. The smallest absolute Gasteiger partial charge is 0.407 e. The largest absolute Gasteiger partial charge is 0.465 e. The number of nitrogens with one attached hydrogen (secondary N) is 4. The molecule has 14 nitrogen and oxygen atoms in total. The van der Waals surface area contributed by atoms with Crippen LogP contribution in [0.2, 0.25) is 0 Å². The Hall–Kier alpha value is -5.40. The molecule has 2 aliphatic heterocycles. The molecule has 4 amide bonds. The normalized spacial score (nSPS) is 18.7. The number of ether oxygens (including phenoxy) is 1. The Morgan fingerprint density at radius 3 is 1.63 bits per heavy atom. The number of aromatic amines is 2. The van der Waals surface area contributed by atoms with Crippen molar-refractivity contribution < 1.29 is 29.0 Å². The highest BCUT2D eigenvalue weighted by Gasteiger charge is 2.39. The predicted octanol–water partition coefficient (Wildman–Crippen LogP) is 5.62. The maximum atomic E-state index is 13.5. The Bertz CT molecular complexity index is 1920. The number of alkyl carbamates (subject to hydrolysis) is 1. The zero-order chi connectivity index (χ0) is 36.4. The molecule has 2 saturated heterocycles. The molecule has 0 bridgehead atoms. The Morgan fingerprint density at radius 2 is 1.22 bits per heavy atom. The van der Waals surface area contributed by atoms with Gasteiger partial charge in [-0.25, -0.2) is 19.6 Å². The lowest BCUT2D eigenvalue weighted by Crippen LogP contribution is -2.51. The summed E-state index contributed by atoms with van der Waals surface area (Å²) in [6, 6.07) is 10.4. The van der Waals surface area contributed by atoms with E-state index in [1.54, 1.807) is 22.2 Å². The van der Waals surface area contributed by atoms with Crippen molar-refractivity contribution in [3.8, 4) is 22.5 Å². The zero-order valence-corrected chi connectivity index (χ0v) is 29.6. The van der Waals surface area contributed by atoms with E-state index in [-0.39, 0.29) is 35.7 Å². The van der Waals surface area contributed by atoms with Gasteiger partial charge in [-0.1, -0.05) is 52.0 Å². The van der Waals surface area contributed by atoms with Crippen LogP contribution in [-0.2, 0) is 14.3 Å². The molecule has 14 heteroatoms. The highest BCUT2D eigenvalue weighted by molar-refractivity contribution is 5.90. The SMILES string of the molecule is COC(=O)NC(C(=O)N1CCC[C@H]1c1ncc(-c2ccc3cc(-c4cnc([C@@H]5CCCN5C(=O)C(NC(=O)O)C(C)C)[nH]4)ccc3c2)[nH]1)C(C)C. The summed E-state index contributed by atoms with van der Waals surface area (Å²) in [5.41, 5.74) is 3.59. The van der Waals surface area contributed by atoms with Crippen LogP contribution in [0.1, 0.15) is 77.1 Å². The molecule has 4 aromatic rings. The van der Waals surface area contributed by atoms with Gasteiger partial charge in [0.05, 0.1) is 43.0 Å². The highest BCUT2D eigenvalue weighted by atomic mass is 16.5. The van der Waals surface area contributed by atoms with Gasteiger partial charge in [0.1, 0.15) is 23.7 Å². The number of hydrogen-bond donors (Lipinski definition) is 5. The number of carboxylic acid groups (broad SMARTS) is 1. The minimum absolute atomic E-state index is 0.112. The Balaban J connectivity index is 1.17. The molecule has 2 aromatic heterocycles. The summed E-state index contributed by atoms with van der Waals surface area (Å²) >= 11 is 0. The van der Waals surface area contributed by atoms with E-state index in [9.17, 15) is 24.3 Å². The van der Waals surface area contributed by atoms with E-state index in [0.29, 0.717) is 24.7 Å². The van der Waals surface area contributed by atoms with Gasteiger partial charge in [-0.05, 0) is 60.4 Å². The van der Waals surface area contributed by atoms with E-state index in [0.717, 1.165) is 59.0 Å². The summed E-state index contributed by atoms with van der Waals surface area (Å²) < 4.78 is 4.75. The number of benzene rings is 2. The van der Waals surface area contributed by atoms with Crippen molar-refractivity contribution in [2.24, 2.45) is 11.8 Å². The highest BCUT2D eigenvalue weighted by Crippen LogP contribution is 2.35. The van der Waals surface area contributed by atoms with E-state index in [2.05, 4.69) is 54.8 Å². The Labute approximate surface area is 296 Å². The van der Waals surface area contributed by atoms with E-state index in [1.807, 2.05) is 39.8 Å². The average Bonchev–Trinajstić information content (AvgIpc) is 3.94. The second kappa shape index (κ2) is 14.8. The van der Waals surface area contributed by atoms with Crippen molar-refractivity contribution in [2.45, 2.75) is 77.5 Å². The molecule has 2 aromatic carbocycles. The van der Waals surface area contributed by atoms with E-state index >= 15 is 0 Å². The number of methoxy groups -OCH3 is 1. The Kier molecular flexibility index (Phi) is 10.3. The van der Waals surface area contributed by atoms with Crippen LogP contribution in [0.15, 0.2) is 48.8 Å². The fourth-order valence-electron chi connectivity index (χ4n) is 7.22. The van der Waals surface area contributed by atoms with Crippen molar-refractivity contribution in [1.82, 2.24) is 40.4 Å². The number of aromatic nitrogens is 4. The molecule has 0 radical (unpaired) electrons. The molecule has 0 spiro atoms. The molecule has 2 aliphatic rings. The number of carbonyl (C=O) groups is 4. The quantitative estimate of drug-likeness (QED) is 0.141. The third kappa shape index (κ3) is 7.40. The van der Waals surface area contributed by atoms with Gasteiger partial charge >= 0.3 is 12.2 Å². The van der Waals surface area contributed by atoms with Crippen molar-refractivity contribution in [2.75, 3.05) is 20.2 Å².